The van der Waals surface area contributed by atoms with Crippen molar-refractivity contribution in [3.05, 3.63) is 70.4 Å². The van der Waals surface area contributed by atoms with E-state index in [4.69, 9.17) is 9.15 Å². The summed E-state index contributed by atoms with van der Waals surface area (Å²) in [5.74, 6) is 1.23. The number of nitrogens with zero attached hydrogens (tertiary/aromatic N) is 1. The standard InChI is InChI=1S/C18H13NO3/c20-15-11-17(22-16-4-2-1-3-14(15)16)12-5-7-13(8-6-12)18-19-9-10-21-18/h1-8,11H,9-10H2. The second-order valence-corrected chi connectivity index (χ2v) is 5.08. The van der Waals surface area contributed by atoms with Crippen molar-refractivity contribution in [1.29, 1.82) is 0 Å². The molecular formula is C18H13NO3. The van der Waals surface area contributed by atoms with Gasteiger partial charge in [0, 0.05) is 17.2 Å². The molecule has 0 amide bonds. The Morgan fingerprint density at radius 3 is 2.50 bits per heavy atom. The third kappa shape index (κ3) is 2.19. The molecule has 1 aromatic heterocycles. The zero-order valence-electron chi connectivity index (χ0n) is 11.8. The number of ether oxygens (including phenoxy) is 1. The lowest BCUT2D eigenvalue weighted by Gasteiger charge is -2.05. The lowest BCUT2D eigenvalue weighted by Crippen LogP contribution is -2.01. The van der Waals surface area contributed by atoms with Gasteiger partial charge in [-0.3, -0.25) is 4.79 Å². The Morgan fingerprint density at radius 1 is 0.955 bits per heavy atom. The van der Waals surface area contributed by atoms with Crippen molar-refractivity contribution in [2.45, 2.75) is 0 Å². The van der Waals surface area contributed by atoms with Crippen LogP contribution in [0.1, 0.15) is 5.56 Å². The number of aliphatic imine (C=N–C) groups is 1. The fourth-order valence-corrected chi connectivity index (χ4v) is 2.53. The van der Waals surface area contributed by atoms with Gasteiger partial charge in [0.2, 0.25) is 5.90 Å². The van der Waals surface area contributed by atoms with Gasteiger partial charge < -0.3 is 9.15 Å². The number of para-hydroxylation sites is 1. The van der Waals surface area contributed by atoms with E-state index in [0.29, 0.717) is 35.8 Å². The molecule has 0 saturated carbocycles. The zero-order chi connectivity index (χ0) is 14.9. The Hall–Kier alpha value is -2.88. The summed E-state index contributed by atoms with van der Waals surface area (Å²) in [5.41, 5.74) is 2.34. The van der Waals surface area contributed by atoms with Gasteiger partial charge in [0.25, 0.3) is 0 Å². The van der Waals surface area contributed by atoms with Crippen LogP contribution < -0.4 is 5.43 Å². The van der Waals surface area contributed by atoms with Crippen LogP contribution in [-0.4, -0.2) is 19.0 Å². The number of hydrogen-bond donors (Lipinski definition) is 0. The molecule has 22 heavy (non-hydrogen) atoms. The first-order valence-electron chi connectivity index (χ1n) is 7.12. The van der Waals surface area contributed by atoms with Crippen LogP contribution in [0.5, 0.6) is 0 Å². The topological polar surface area (TPSA) is 51.8 Å². The van der Waals surface area contributed by atoms with Crippen LogP contribution in [0.2, 0.25) is 0 Å². The smallest absolute Gasteiger partial charge is 0.216 e. The van der Waals surface area contributed by atoms with Crippen LogP contribution in [0.4, 0.5) is 0 Å². The summed E-state index contributed by atoms with van der Waals surface area (Å²) in [7, 11) is 0. The largest absolute Gasteiger partial charge is 0.476 e. The second-order valence-electron chi connectivity index (χ2n) is 5.08. The normalized spacial score (nSPS) is 13.9. The third-order valence-corrected chi connectivity index (χ3v) is 3.64. The fraction of sp³-hybridized carbons (Fsp3) is 0.111. The second kappa shape index (κ2) is 5.15. The van der Waals surface area contributed by atoms with Gasteiger partial charge in [-0.1, -0.05) is 24.3 Å². The minimum absolute atomic E-state index is 0.0376. The van der Waals surface area contributed by atoms with E-state index in [0.717, 1.165) is 11.1 Å². The molecular weight excluding hydrogens is 278 g/mol. The van der Waals surface area contributed by atoms with E-state index >= 15 is 0 Å². The molecule has 108 valence electrons. The van der Waals surface area contributed by atoms with Crippen LogP contribution in [0.3, 0.4) is 0 Å². The van der Waals surface area contributed by atoms with E-state index in [1.54, 1.807) is 12.1 Å². The highest BCUT2D eigenvalue weighted by molar-refractivity contribution is 5.95. The van der Waals surface area contributed by atoms with Crippen LogP contribution in [0.25, 0.3) is 22.3 Å². The maximum atomic E-state index is 12.1. The summed E-state index contributed by atoms with van der Waals surface area (Å²) in [6, 6.07) is 16.5. The molecule has 0 saturated heterocycles. The lowest BCUT2D eigenvalue weighted by molar-refractivity contribution is 0.348. The molecule has 1 aliphatic heterocycles. The van der Waals surface area contributed by atoms with Gasteiger partial charge in [0.05, 0.1) is 11.9 Å². The predicted octanol–water partition coefficient (Wildman–Crippen LogP) is 3.24. The molecule has 0 atom stereocenters. The molecule has 0 N–H and O–H groups in total. The van der Waals surface area contributed by atoms with Crippen molar-refractivity contribution < 1.29 is 9.15 Å². The Morgan fingerprint density at radius 2 is 1.73 bits per heavy atom. The fourth-order valence-electron chi connectivity index (χ4n) is 2.53. The van der Waals surface area contributed by atoms with Gasteiger partial charge in [-0.2, -0.15) is 0 Å². The Kier molecular flexibility index (Phi) is 3.00. The molecule has 4 heteroatoms. The number of benzene rings is 2. The first-order valence-corrected chi connectivity index (χ1v) is 7.12. The first-order chi connectivity index (χ1) is 10.8. The van der Waals surface area contributed by atoms with Gasteiger partial charge in [0.1, 0.15) is 18.0 Å². The van der Waals surface area contributed by atoms with Gasteiger partial charge >= 0.3 is 0 Å². The van der Waals surface area contributed by atoms with Gasteiger partial charge in [0.15, 0.2) is 5.43 Å². The van der Waals surface area contributed by atoms with Crippen molar-refractivity contribution in [2.75, 3.05) is 13.2 Å². The van der Waals surface area contributed by atoms with Crippen molar-refractivity contribution in [1.82, 2.24) is 0 Å². The minimum atomic E-state index is -0.0376. The molecule has 1 aliphatic rings. The molecule has 2 heterocycles. The molecule has 2 aromatic carbocycles. The SMILES string of the molecule is O=c1cc(-c2ccc(C3=NCCO3)cc2)oc2ccccc12. The van der Waals surface area contributed by atoms with Crippen molar-refractivity contribution in [3.63, 3.8) is 0 Å². The molecule has 0 unspecified atom stereocenters. The quantitative estimate of drug-likeness (QED) is 0.728. The Labute approximate surface area is 126 Å². The van der Waals surface area contributed by atoms with Crippen LogP contribution >= 0.6 is 0 Å². The predicted molar refractivity (Wildman–Crippen MR) is 85.3 cm³/mol. The average molecular weight is 291 g/mol. The highest BCUT2D eigenvalue weighted by atomic mass is 16.5. The van der Waals surface area contributed by atoms with Crippen LogP contribution in [0, 0.1) is 0 Å². The third-order valence-electron chi connectivity index (χ3n) is 3.64. The molecule has 0 aliphatic carbocycles. The lowest BCUT2D eigenvalue weighted by atomic mass is 10.1. The Balaban J connectivity index is 1.77. The van der Waals surface area contributed by atoms with Crippen LogP contribution in [-0.2, 0) is 4.74 Å². The zero-order valence-corrected chi connectivity index (χ0v) is 11.8. The van der Waals surface area contributed by atoms with E-state index in [1.165, 1.54) is 6.07 Å². The van der Waals surface area contributed by atoms with Crippen LogP contribution in [0.15, 0.2) is 68.8 Å². The molecule has 0 bridgehead atoms. The molecule has 0 radical (unpaired) electrons. The molecule has 3 aromatic rings. The molecule has 4 rings (SSSR count). The monoisotopic (exact) mass is 291 g/mol. The van der Waals surface area contributed by atoms with Gasteiger partial charge in [-0.25, -0.2) is 4.99 Å². The summed E-state index contributed by atoms with van der Waals surface area (Å²) in [6.45, 7) is 1.34. The summed E-state index contributed by atoms with van der Waals surface area (Å²) in [5, 5.41) is 0.594. The van der Waals surface area contributed by atoms with Crippen molar-refractivity contribution in [2.24, 2.45) is 4.99 Å². The average Bonchev–Trinajstić information content (AvgIpc) is 3.09. The van der Waals surface area contributed by atoms with Gasteiger partial charge in [-0.05, 0) is 24.3 Å². The van der Waals surface area contributed by atoms with E-state index in [1.807, 2.05) is 36.4 Å². The number of rotatable bonds is 2. The number of fused-ring (bicyclic) bond motifs is 1. The summed E-state index contributed by atoms with van der Waals surface area (Å²) < 4.78 is 11.3. The summed E-state index contributed by atoms with van der Waals surface area (Å²) in [6.07, 6.45) is 0. The number of hydrogen-bond acceptors (Lipinski definition) is 4. The van der Waals surface area contributed by atoms with Crippen molar-refractivity contribution >= 4 is 16.9 Å². The summed E-state index contributed by atoms with van der Waals surface area (Å²) in [4.78, 5) is 16.4. The van der Waals surface area contributed by atoms with E-state index in [2.05, 4.69) is 4.99 Å². The van der Waals surface area contributed by atoms with Gasteiger partial charge in [-0.15, -0.1) is 0 Å². The summed E-state index contributed by atoms with van der Waals surface area (Å²) >= 11 is 0. The molecule has 0 fully saturated rings. The molecule has 4 nitrogen and oxygen atoms in total. The minimum Gasteiger partial charge on any atom is -0.476 e. The first kappa shape index (κ1) is 12.8. The van der Waals surface area contributed by atoms with Crippen molar-refractivity contribution in [3.8, 4) is 11.3 Å². The van der Waals surface area contributed by atoms with E-state index in [9.17, 15) is 4.79 Å². The van der Waals surface area contributed by atoms with E-state index < -0.39 is 0 Å². The highest BCUT2D eigenvalue weighted by Gasteiger charge is 2.11. The maximum absolute atomic E-state index is 12.1. The van der Waals surface area contributed by atoms with E-state index in [-0.39, 0.29) is 5.43 Å². The Bertz CT molecular complexity index is 923. The molecule has 0 spiro atoms. The maximum Gasteiger partial charge on any atom is 0.216 e. The highest BCUT2D eigenvalue weighted by Crippen LogP contribution is 2.23.